The number of fused-ring (bicyclic) bond motifs is 1. The van der Waals surface area contributed by atoms with Gasteiger partial charge in [0.2, 0.25) is 0 Å². The van der Waals surface area contributed by atoms with Gasteiger partial charge in [-0.3, -0.25) is 4.99 Å². The van der Waals surface area contributed by atoms with Crippen LogP contribution in [-0.2, 0) is 9.84 Å². The molecule has 8 nitrogen and oxygen atoms in total. The summed E-state index contributed by atoms with van der Waals surface area (Å²) in [6.07, 6.45) is 9.42. The van der Waals surface area contributed by atoms with Crippen molar-refractivity contribution < 1.29 is 8.42 Å². The van der Waals surface area contributed by atoms with Crippen LogP contribution in [0.3, 0.4) is 0 Å². The quantitative estimate of drug-likeness (QED) is 0.613. The van der Waals surface area contributed by atoms with Gasteiger partial charge in [-0.2, -0.15) is 5.10 Å². The summed E-state index contributed by atoms with van der Waals surface area (Å²) in [5.41, 5.74) is 9.41. The fourth-order valence-electron chi connectivity index (χ4n) is 3.98. The molecule has 2 aromatic heterocycles. The number of aromatic nitrogens is 3. The van der Waals surface area contributed by atoms with Gasteiger partial charge in [-0.15, -0.1) is 0 Å². The number of benzene rings is 1. The smallest absolute Gasteiger partial charge is 0.150 e. The zero-order chi connectivity index (χ0) is 22.0. The molecule has 31 heavy (non-hydrogen) atoms. The van der Waals surface area contributed by atoms with Gasteiger partial charge in [0.1, 0.15) is 15.7 Å². The zero-order valence-corrected chi connectivity index (χ0v) is 18.5. The maximum atomic E-state index is 11.8. The number of aliphatic imine (C=N–C) groups is 1. The molecule has 3 heterocycles. The highest BCUT2D eigenvalue weighted by Gasteiger charge is 2.27. The van der Waals surface area contributed by atoms with Crippen LogP contribution < -0.4 is 10.6 Å². The molecule has 162 valence electrons. The lowest BCUT2D eigenvalue weighted by atomic mass is 10.1. The molecule has 1 aromatic carbocycles. The van der Waals surface area contributed by atoms with Crippen molar-refractivity contribution in [3.8, 4) is 5.69 Å². The molecule has 0 bridgehead atoms. The second-order valence-electron chi connectivity index (χ2n) is 7.73. The molecule has 0 aliphatic carbocycles. The third-order valence-corrected chi connectivity index (χ3v) is 7.38. The second kappa shape index (κ2) is 8.50. The standard InChI is InChI=1S/C22H26N6O2S/c1-24-14-18(13-23)16-3-4-17-15-26-28(21(17)11-16)19-5-8-25-22(12-19)27-9-6-20(7-10-27)31(2,29)30/h3-5,8,11-15,20H,6-7,9-10,23H2,1-2H3. The average molecular weight is 439 g/mol. The molecule has 3 aromatic rings. The summed E-state index contributed by atoms with van der Waals surface area (Å²) >= 11 is 0. The van der Waals surface area contributed by atoms with Gasteiger partial charge >= 0.3 is 0 Å². The fraction of sp³-hybridized carbons (Fsp3) is 0.318. The predicted octanol–water partition coefficient (Wildman–Crippen LogP) is 2.43. The lowest BCUT2D eigenvalue weighted by Crippen LogP contribution is -2.39. The minimum absolute atomic E-state index is 0.267. The van der Waals surface area contributed by atoms with Crippen molar-refractivity contribution in [1.29, 1.82) is 0 Å². The highest BCUT2D eigenvalue weighted by Crippen LogP contribution is 2.26. The van der Waals surface area contributed by atoms with Gasteiger partial charge in [0.15, 0.2) is 0 Å². The summed E-state index contributed by atoms with van der Waals surface area (Å²) in [5.74, 6) is 0.824. The topological polar surface area (TPSA) is 106 Å². The molecular formula is C22H26N6O2S. The normalized spacial score (nSPS) is 16.5. The Kier molecular flexibility index (Phi) is 5.77. The van der Waals surface area contributed by atoms with Crippen molar-refractivity contribution in [1.82, 2.24) is 14.8 Å². The number of pyridine rings is 1. The van der Waals surface area contributed by atoms with E-state index in [1.807, 2.05) is 41.2 Å². The SMILES string of the molecule is CN=CC(=CN)c1ccc2cnn(-c3ccnc(N4CCC(S(C)(=O)=O)CC4)c3)c2c1. The van der Waals surface area contributed by atoms with E-state index >= 15 is 0 Å². The molecular weight excluding hydrogens is 412 g/mol. The van der Waals surface area contributed by atoms with Crippen molar-refractivity contribution in [2.75, 3.05) is 31.3 Å². The highest BCUT2D eigenvalue weighted by molar-refractivity contribution is 7.91. The van der Waals surface area contributed by atoms with Crippen LogP contribution >= 0.6 is 0 Å². The lowest BCUT2D eigenvalue weighted by Gasteiger charge is -2.32. The van der Waals surface area contributed by atoms with E-state index in [2.05, 4.69) is 20.0 Å². The maximum absolute atomic E-state index is 11.8. The van der Waals surface area contributed by atoms with Crippen molar-refractivity contribution in [2.45, 2.75) is 18.1 Å². The molecule has 0 atom stereocenters. The molecule has 0 spiro atoms. The number of nitrogens with zero attached hydrogens (tertiary/aromatic N) is 5. The van der Waals surface area contributed by atoms with Crippen molar-refractivity contribution in [2.24, 2.45) is 10.7 Å². The second-order valence-corrected chi connectivity index (χ2v) is 10.1. The van der Waals surface area contributed by atoms with Gasteiger partial charge < -0.3 is 10.6 Å². The Balaban J connectivity index is 1.65. The molecule has 9 heteroatoms. The molecule has 0 unspecified atom stereocenters. The Hall–Kier alpha value is -3.20. The van der Waals surface area contributed by atoms with Gasteiger partial charge in [-0.25, -0.2) is 18.1 Å². The Labute approximate surface area is 182 Å². The third kappa shape index (κ3) is 4.32. The molecule has 1 aliphatic rings. The van der Waals surface area contributed by atoms with E-state index in [1.165, 1.54) is 6.26 Å². The molecule has 1 fully saturated rings. The molecule has 2 N–H and O–H groups in total. The van der Waals surface area contributed by atoms with Crippen LogP contribution in [0, 0.1) is 0 Å². The van der Waals surface area contributed by atoms with Crippen molar-refractivity contribution in [3.63, 3.8) is 0 Å². The van der Waals surface area contributed by atoms with E-state index < -0.39 is 9.84 Å². The minimum Gasteiger partial charge on any atom is -0.404 e. The Bertz CT molecular complexity index is 1250. The van der Waals surface area contributed by atoms with E-state index in [0.717, 1.165) is 33.5 Å². The number of nitrogens with two attached hydrogens (primary N) is 1. The van der Waals surface area contributed by atoms with Crippen LogP contribution in [0.4, 0.5) is 5.82 Å². The number of allylic oxidation sites excluding steroid dienone is 1. The minimum atomic E-state index is -3.00. The van der Waals surface area contributed by atoms with Crippen LogP contribution in [0.2, 0.25) is 0 Å². The Morgan fingerprint density at radius 3 is 2.68 bits per heavy atom. The summed E-state index contributed by atoms with van der Waals surface area (Å²) < 4.78 is 25.6. The Morgan fingerprint density at radius 2 is 2.00 bits per heavy atom. The average Bonchev–Trinajstić information content (AvgIpc) is 3.20. The van der Waals surface area contributed by atoms with E-state index in [1.54, 1.807) is 25.7 Å². The van der Waals surface area contributed by atoms with E-state index in [-0.39, 0.29) is 5.25 Å². The number of hydrogen-bond donors (Lipinski definition) is 1. The summed E-state index contributed by atoms with van der Waals surface area (Å²) in [5, 5.41) is 5.32. The van der Waals surface area contributed by atoms with E-state index in [4.69, 9.17) is 5.73 Å². The van der Waals surface area contributed by atoms with Crippen LogP contribution in [0.1, 0.15) is 18.4 Å². The van der Waals surface area contributed by atoms with Crippen LogP contribution in [0.15, 0.2) is 53.9 Å². The molecule has 4 rings (SSSR count). The molecule has 0 saturated carbocycles. The third-order valence-electron chi connectivity index (χ3n) is 5.70. The monoisotopic (exact) mass is 438 g/mol. The number of rotatable bonds is 5. The summed E-state index contributed by atoms with van der Waals surface area (Å²) in [7, 11) is -1.29. The molecule has 0 radical (unpaired) electrons. The largest absolute Gasteiger partial charge is 0.404 e. The fourth-order valence-corrected chi connectivity index (χ4v) is 5.05. The summed E-state index contributed by atoms with van der Waals surface area (Å²) in [4.78, 5) is 10.7. The van der Waals surface area contributed by atoms with Gasteiger partial charge in [0, 0.05) is 62.0 Å². The molecule has 1 aliphatic heterocycles. The lowest BCUT2D eigenvalue weighted by molar-refractivity contribution is 0.532. The van der Waals surface area contributed by atoms with E-state index in [9.17, 15) is 8.42 Å². The van der Waals surface area contributed by atoms with Gasteiger partial charge in [-0.1, -0.05) is 12.1 Å². The first-order valence-corrected chi connectivity index (χ1v) is 12.1. The first-order valence-electron chi connectivity index (χ1n) is 10.1. The van der Waals surface area contributed by atoms with Gasteiger partial charge in [-0.05, 0) is 30.5 Å². The van der Waals surface area contributed by atoms with Crippen LogP contribution in [0.5, 0.6) is 0 Å². The van der Waals surface area contributed by atoms with Gasteiger partial charge in [0.25, 0.3) is 0 Å². The summed E-state index contributed by atoms with van der Waals surface area (Å²) in [6, 6.07) is 9.96. The number of hydrogen-bond acceptors (Lipinski definition) is 7. The van der Waals surface area contributed by atoms with E-state index in [0.29, 0.717) is 25.9 Å². The molecule has 1 saturated heterocycles. The first kappa shape index (κ1) is 21.0. The number of anilines is 1. The Morgan fingerprint density at radius 1 is 1.23 bits per heavy atom. The number of piperidine rings is 1. The van der Waals surface area contributed by atoms with Crippen molar-refractivity contribution >= 4 is 38.3 Å². The van der Waals surface area contributed by atoms with Gasteiger partial charge in [0.05, 0.1) is 22.7 Å². The number of sulfone groups is 1. The predicted molar refractivity (Wildman–Crippen MR) is 126 cm³/mol. The first-order chi connectivity index (χ1) is 14.9. The van der Waals surface area contributed by atoms with Crippen LogP contribution in [-0.4, -0.2) is 61.0 Å². The maximum Gasteiger partial charge on any atom is 0.150 e. The molecule has 0 amide bonds. The highest BCUT2D eigenvalue weighted by atomic mass is 32.2. The summed E-state index contributed by atoms with van der Waals surface area (Å²) in [6.45, 7) is 1.33. The van der Waals surface area contributed by atoms with Crippen LogP contribution in [0.25, 0.3) is 22.2 Å². The zero-order valence-electron chi connectivity index (χ0n) is 17.6. The van der Waals surface area contributed by atoms with Crippen molar-refractivity contribution in [3.05, 3.63) is 54.5 Å².